The minimum absolute atomic E-state index is 0.221. The fourth-order valence-electron chi connectivity index (χ4n) is 4.78. The number of rotatable bonds is 10. The molecule has 0 bridgehead atoms. The van der Waals surface area contributed by atoms with E-state index < -0.39 is 6.10 Å². The number of phenols is 1. The van der Waals surface area contributed by atoms with Crippen molar-refractivity contribution < 1.29 is 28.8 Å². The molecule has 1 aliphatic rings. The molecule has 0 spiro atoms. The van der Waals surface area contributed by atoms with Gasteiger partial charge in [0.1, 0.15) is 18.1 Å². The first-order chi connectivity index (χ1) is 16.6. The van der Waals surface area contributed by atoms with Gasteiger partial charge in [0.25, 0.3) is 0 Å². The van der Waals surface area contributed by atoms with Gasteiger partial charge in [-0.3, -0.25) is 4.90 Å². The molecule has 0 aliphatic carbocycles. The number of aryl methyl sites for hydroxylation is 1. The first kappa shape index (κ1) is 24.2. The number of aliphatic hydroxyl groups excluding tert-OH is 1. The van der Waals surface area contributed by atoms with E-state index in [0.29, 0.717) is 47.8 Å². The van der Waals surface area contributed by atoms with Crippen LogP contribution >= 0.6 is 0 Å². The third kappa shape index (κ3) is 5.26. The predicted molar refractivity (Wildman–Crippen MR) is 131 cm³/mol. The summed E-state index contributed by atoms with van der Waals surface area (Å²) in [5.41, 5.74) is 1.85. The molecule has 1 saturated heterocycles. The molecule has 3 aromatic rings. The zero-order valence-corrected chi connectivity index (χ0v) is 20.1. The number of hydrogen-bond acceptors (Lipinski definition) is 7. The number of phenolic OH excluding ortho intramolecular Hbond substituents is 1. The molecule has 34 heavy (non-hydrogen) atoms. The predicted octanol–water partition coefficient (Wildman–Crippen LogP) is 5.08. The van der Waals surface area contributed by atoms with E-state index in [-0.39, 0.29) is 5.75 Å². The van der Waals surface area contributed by atoms with Gasteiger partial charge < -0.3 is 28.8 Å². The molecule has 2 aromatic carbocycles. The van der Waals surface area contributed by atoms with Crippen LogP contribution in [0.5, 0.6) is 23.0 Å². The number of aliphatic hydroxyl groups is 1. The average molecular weight is 470 g/mol. The maximum Gasteiger partial charge on any atom is 0.205 e. The highest BCUT2D eigenvalue weighted by atomic mass is 16.5. The van der Waals surface area contributed by atoms with Crippen LogP contribution in [0.2, 0.25) is 0 Å². The lowest BCUT2D eigenvalue weighted by molar-refractivity contribution is 0.152. The largest absolute Gasteiger partial charge is 0.508 e. The molecule has 1 aliphatic heterocycles. The first-order valence-corrected chi connectivity index (χ1v) is 12.1. The number of hydrogen-bond donors (Lipinski definition) is 2. The van der Waals surface area contributed by atoms with Gasteiger partial charge in [0.2, 0.25) is 5.75 Å². The van der Waals surface area contributed by atoms with E-state index in [9.17, 15) is 10.2 Å². The van der Waals surface area contributed by atoms with E-state index in [1.807, 2.05) is 12.1 Å². The number of nitrogens with zero attached hydrogens (tertiary/aromatic N) is 1. The number of ether oxygens (including phenoxy) is 3. The molecule has 1 aromatic heterocycles. The van der Waals surface area contributed by atoms with E-state index in [1.54, 1.807) is 38.7 Å². The van der Waals surface area contributed by atoms with Crippen LogP contribution in [0.1, 0.15) is 49.3 Å². The van der Waals surface area contributed by atoms with Crippen molar-refractivity contribution in [3.63, 3.8) is 0 Å². The number of methoxy groups -OCH3 is 2. The van der Waals surface area contributed by atoms with Gasteiger partial charge in [-0.2, -0.15) is 0 Å². The summed E-state index contributed by atoms with van der Waals surface area (Å²) in [7, 11) is 3.15. The lowest BCUT2D eigenvalue weighted by atomic mass is 9.97. The molecule has 1 fully saturated rings. The second-order valence-electron chi connectivity index (χ2n) is 8.76. The normalized spacial score (nSPS) is 15.7. The Morgan fingerprint density at radius 3 is 2.41 bits per heavy atom. The highest BCUT2D eigenvalue weighted by molar-refractivity contribution is 5.93. The summed E-state index contributed by atoms with van der Waals surface area (Å²) < 4.78 is 23.5. The third-order valence-electron chi connectivity index (χ3n) is 6.58. The zero-order chi connectivity index (χ0) is 23.9. The Morgan fingerprint density at radius 2 is 1.71 bits per heavy atom. The van der Waals surface area contributed by atoms with Crippen molar-refractivity contribution in [1.82, 2.24) is 4.90 Å². The Kier molecular flexibility index (Phi) is 8.19. The third-order valence-corrected chi connectivity index (χ3v) is 6.58. The number of aromatic hydroxyl groups is 1. The highest BCUT2D eigenvalue weighted by Crippen LogP contribution is 2.49. The Balaban J connectivity index is 1.62. The SMILES string of the molecule is COc1c(C(O)CCc2ccccc2O)c(OCCN2CCCCCC2)c(OC)c2occc12. The van der Waals surface area contributed by atoms with Crippen LogP contribution in [0.25, 0.3) is 11.0 Å². The van der Waals surface area contributed by atoms with Gasteiger partial charge in [0, 0.05) is 6.54 Å². The lowest BCUT2D eigenvalue weighted by Crippen LogP contribution is -2.29. The van der Waals surface area contributed by atoms with Crippen LogP contribution in [-0.4, -0.2) is 55.6 Å². The number of likely N-dealkylation sites (tertiary alicyclic amines) is 1. The van der Waals surface area contributed by atoms with Gasteiger partial charge >= 0.3 is 0 Å². The van der Waals surface area contributed by atoms with Gasteiger partial charge in [-0.05, 0) is 56.5 Å². The van der Waals surface area contributed by atoms with Gasteiger partial charge in [0.15, 0.2) is 11.3 Å². The summed E-state index contributed by atoms with van der Waals surface area (Å²) in [6.45, 7) is 3.42. The van der Waals surface area contributed by atoms with Gasteiger partial charge in [-0.15, -0.1) is 0 Å². The van der Waals surface area contributed by atoms with Crippen LogP contribution in [0.15, 0.2) is 41.0 Å². The summed E-state index contributed by atoms with van der Waals surface area (Å²) in [5.74, 6) is 1.63. The van der Waals surface area contributed by atoms with Gasteiger partial charge in [0.05, 0.1) is 37.5 Å². The standard InChI is InChI=1S/C27H35NO6/c1-31-24-20-13-17-33-25(20)27(32-2)26(34-18-16-28-14-7-3-4-8-15-28)23(24)22(30)12-11-19-9-5-6-10-21(19)29/h5-6,9-10,13,17,22,29-30H,3-4,7-8,11-12,14-16,18H2,1-2H3. The van der Waals surface area contributed by atoms with E-state index >= 15 is 0 Å². The van der Waals surface area contributed by atoms with Crippen LogP contribution in [0, 0.1) is 0 Å². The van der Waals surface area contributed by atoms with Gasteiger partial charge in [-0.1, -0.05) is 31.0 Å². The molecule has 4 rings (SSSR count). The van der Waals surface area contributed by atoms with Crippen molar-refractivity contribution in [2.24, 2.45) is 0 Å². The van der Waals surface area contributed by atoms with Crippen LogP contribution < -0.4 is 14.2 Å². The first-order valence-electron chi connectivity index (χ1n) is 12.1. The van der Waals surface area contributed by atoms with E-state index in [4.69, 9.17) is 18.6 Å². The molecule has 0 radical (unpaired) electrons. The summed E-state index contributed by atoms with van der Waals surface area (Å²) in [6.07, 6.45) is 6.55. The maximum atomic E-state index is 11.3. The molecule has 2 heterocycles. The summed E-state index contributed by atoms with van der Waals surface area (Å²) in [5, 5.41) is 22.2. The monoisotopic (exact) mass is 469 g/mol. The minimum atomic E-state index is -0.893. The molecule has 0 saturated carbocycles. The average Bonchev–Trinajstić information content (AvgIpc) is 3.18. The number of furan rings is 1. The molecule has 184 valence electrons. The smallest absolute Gasteiger partial charge is 0.205 e. The van der Waals surface area contributed by atoms with Crippen molar-refractivity contribution in [3.8, 4) is 23.0 Å². The molecular weight excluding hydrogens is 434 g/mol. The Labute approximate surface area is 200 Å². The van der Waals surface area contributed by atoms with Crippen molar-refractivity contribution in [3.05, 3.63) is 47.7 Å². The van der Waals surface area contributed by atoms with E-state index in [1.165, 1.54) is 25.7 Å². The molecule has 0 amide bonds. The van der Waals surface area contributed by atoms with Gasteiger partial charge in [-0.25, -0.2) is 0 Å². The number of para-hydroxylation sites is 1. The maximum absolute atomic E-state index is 11.3. The highest BCUT2D eigenvalue weighted by Gasteiger charge is 2.29. The topological polar surface area (TPSA) is 84.5 Å². The number of benzene rings is 2. The summed E-state index contributed by atoms with van der Waals surface area (Å²) in [6, 6.07) is 8.97. The lowest BCUT2D eigenvalue weighted by Gasteiger charge is -2.24. The fraction of sp³-hybridized carbons (Fsp3) is 0.481. The summed E-state index contributed by atoms with van der Waals surface area (Å²) in [4.78, 5) is 2.43. The molecule has 7 heteroatoms. The molecular formula is C27H35NO6. The second-order valence-corrected chi connectivity index (χ2v) is 8.76. The quantitative estimate of drug-likeness (QED) is 0.428. The van der Waals surface area contributed by atoms with Crippen LogP contribution in [0.3, 0.4) is 0 Å². The Bertz CT molecular complexity index is 1070. The van der Waals surface area contributed by atoms with Crippen LogP contribution in [-0.2, 0) is 6.42 Å². The molecule has 7 nitrogen and oxygen atoms in total. The Morgan fingerprint density at radius 1 is 0.971 bits per heavy atom. The Hall–Kier alpha value is -2.90. The zero-order valence-electron chi connectivity index (χ0n) is 20.1. The van der Waals surface area contributed by atoms with Crippen molar-refractivity contribution in [2.45, 2.75) is 44.6 Å². The van der Waals surface area contributed by atoms with E-state index in [2.05, 4.69) is 4.90 Å². The summed E-state index contributed by atoms with van der Waals surface area (Å²) >= 11 is 0. The van der Waals surface area contributed by atoms with Crippen molar-refractivity contribution >= 4 is 11.0 Å². The molecule has 2 N–H and O–H groups in total. The fourth-order valence-corrected chi connectivity index (χ4v) is 4.78. The van der Waals surface area contributed by atoms with Crippen molar-refractivity contribution in [1.29, 1.82) is 0 Å². The minimum Gasteiger partial charge on any atom is -0.508 e. The number of fused-ring (bicyclic) bond motifs is 1. The van der Waals surface area contributed by atoms with E-state index in [0.717, 1.165) is 30.6 Å². The van der Waals surface area contributed by atoms with Crippen molar-refractivity contribution in [2.75, 3.05) is 40.5 Å². The van der Waals surface area contributed by atoms with Crippen LogP contribution in [0.4, 0.5) is 0 Å². The molecule has 1 atom stereocenters. The molecule has 1 unspecified atom stereocenters. The second kappa shape index (κ2) is 11.5.